The van der Waals surface area contributed by atoms with E-state index in [9.17, 15) is 4.79 Å². The molecule has 0 spiro atoms. The second-order valence-electron chi connectivity index (χ2n) is 4.65. The third kappa shape index (κ3) is 1.97. The summed E-state index contributed by atoms with van der Waals surface area (Å²) in [6.45, 7) is 3.08. The summed E-state index contributed by atoms with van der Waals surface area (Å²) in [7, 11) is 0. The number of nitrogens with one attached hydrogen (secondary N) is 1. The molecule has 0 aromatic carbocycles. The monoisotopic (exact) mass is 240 g/mol. The van der Waals surface area contributed by atoms with Crippen molar-refractivity contribution in [3.8, 4) is 0 Å². The molecule has 2 rings (SSSR count). The fourth-order valence-electron chi connectivity index (χ4n) is 1.91. The smallest absolute Gasteiger partial charge is 0.255 e. The highest BCUT2D eigenvalue weighted by molar-refractivity contribution is 7.11. The van der Waals surface area contributed by atoms with E-state index in [1.54, 1.807) is 0 Å². The summed E-state index contributed by atoms with van der Waals surface area (Å²) in [5, 5.41) is 3.93. The van der Waals surface area contributed by atoms with Gasteiger partial charge in [-0.05, 0) is 29.8 Å². The number of carbonyl (C=O) groups is 1. The van der Waals surface area contributed by atoms with Crippen molar-refractivity contribution in [2.75, 3.05) is 17.6 Å². The summed E-state index contributed by atoms with van der Waals surface area (Å²) in [4.78, 5) is 11.2. The average Bonchev–Trinajstić information content (AvgIpc) is 2.53. The number of hydrogen-bond donors (Lipinski definition) is 3. The van der Waals surface area contributed by atoms with Gasteiger partial charge in [0.05, 0.1) is 0 Å². The minimum Gasteiger partial charge on any atom is -0.382 e. The van der Waals surface area contributed by atoms with Crippen LogP contribution in [0.2, 0.25) is 0 Å². The van der Waals surface area contributed by atoms with Crippen molar-refractivity contribution in [1.29, 1.82) is 0 Å². The lowest BCUT2D eigenvalue weighted by Gasteiger charge is -2.38. The zero-order valence-corrected chi connectivity index (χ0v) is 10.1. The summed E-state index contributed by atoms with van der Waals surface area (Å²) in [5.41, 5.74) is 11.5. The van der Waals surface area contributed by atoms with E-state index in [1.807, 2.05) is 0 Å². The number of nitrogens with two attached hydrogens (primary N) is 2. The van der Waals surface area contributed by atoms with Gasteiger partial charge in [0.15, 0.2) is 5.82 Å². The fraction of sp³-hybridized carbons (Fsp3) is 0.600. The first-order valence-electron chi connectivity index (χ1n) is 5.31. The maximum atomic E-state index is 11.2. The molecule has 5 N–H and O–H groups in total. The van der Waals surface area contributed by atoms with Gasteiger partial charge in [-0.2, -0.15) is 4.37 Å². The van der Waals surface area contributed by atoms with E-state index in [2.05, 4.69) is 16.6 Å². The van der Waals surface area contributed by atoms with E-state index >= 15 is 0 Å². The van der Waals surface area contributed by atoms with Gasteiger partial charge in [0.2, 0.25) is 0 Å². The first-order valence-corrected chi connectivity index (χ1v) is 6.08. The predicted octanol–water partition coefficient (Wildman–Crippen LogP) is 1.43. The molecule has 1 heterocycles. The zero-order valence-electron chi connectivity index (χ0n) is 9.25. The lowest BCUT2D eigenvalue weighted by atomic mass is 9.70. The molecule has 1 amide bonds. The number of amides is 1. The van der Waals surface area contributed by atoms with Gasteiger partial charge in [0.25, 0.3) is 5.91 Å². The van der Waals surface area contributed by atoms with Crippen molar-refractivity contribution < 1.29 is 4.79 Å². The van der Waals surface area contributed by atoms with Crippen molar-refractivity contribution in [2.45, 2.75) is 26.2 Å². The van der Waals surface area contributed by atoms with Crippen LogP contribution in [0.3, 0.4) is 0 Å². The van der Waals surface area contributed by atoms with E-state index in [0.29, 0.717) is 16.0 Å². The molecule has 1 aromatic rings. The van der Waals surface area contributed by atoms with E-state index in [4.69, 9.17) is 11.5 Å². The Balaban J connectivity index is 2.06. The number of hydrogen-bond acceptors (Lipinski definition) is 5. The van der Waals surface area contributed by atoms with E-state index in [-0.39, 0.29) is 5.82 Å². The van der Waals surface area contributed by atoms with Crippen LogP contribution in [0.15, 0.2) is 0 Å². The number of aromatic nitrogens is 1. The number of primary amides is 1. The quantitative estimate of drug-likeness (QED) is 0.742. The Bertz CT molecular complexity index is 411. The molecule has 0 aliphatic heterocycles. The Morgan fingerprint density at radius 2 is 2.31 bits per heavy atom. The molecular weight excluding hydrogens is 224 g/mol. The number of carbonyl (C=O) groups excluding carboxylic acids is 1. The van der Waals surface area contributed by atoms with Crippen LogP contribution >= 0.6 is 11.5 Å². The molecule has 0 unspecified atom stereocenters. The molecule has 5 nitrogen and oxygen atoms in total. The third-order valence-electron chi connectivity index (χ3n) is 3.20. The molecule has 6 heteroatoms. The van der Waals surface area contributed by atoms with Gasteiger partial charge in [-0.25, -0.2) is 0 Å². The number of nitrogens with zero attached hydrogens (tertiary/aromatic N) is 1. The van der Waals surface area contributed by atoms with Crippen molar-refractivity contribution in [3.63, 3.8) is 0 Å². The van der Waals surface area contributed by atoms with Crippen molar-refractivity contribution >= 4 is 28.3 Å². The largest absolute Gasteiger partial charge is 0.382 e. The highest BCUT2D eigenvalue weighted by Crippen LogP contribution is 2.40. The topological polar surface area (TPSA) is 94.0 Å². The average molecular weight is 240 g/mol. The van der Waals surface area contributed by atoms with Crippen LogP contribution in [-0.2, 0) is 0 Å². The molecule has 88 valence electrons. The number of nitrogen functional groups attached to an aromatic ring is 1. The van der Waals surface area contributed by atoms with Crippen LogP contribution in [0.5, 0.6) is 0 Å². The first-order chi connectivity index (χ1) is 7.52. The van der Waals surface area contributed by atoms with Crippen molar-refractivity contribution in [1.82, 2.24) is 4.37 Å². The Morgan fingerprint density at radius 1 is 1.62 bits per heavy atom. The molecule has 1 saturated carbocycles. The molecule has 0 atom stereocenters. The molecule has 0 bridgehead atoms. The van der Waals surface area contributed by atoms with Gasteiger partial charge in [0, 0.05) is 6.54 Å². The van der Waals surface area contributed by atoms with E-state index < -0.39 is 5.91 Å². The maximum absolute atomic E-state index is 11.2. The molecule has 1 aromatic heterocycles. The van der Waals surface area contributed by atoms with Crippen LogP contribution in [0.4, 0.5) is 10.8 Å². The summed E-state index contributed by atoms with van der Waals surface area (Å²) >= 11 is 1.19. The number of anilines is 2. The Labute approximate surface area is 98.4 Å². The van der Waals surface area contributed by atoms with E-state index in [1.165, 1.54) is 30.8 Å². The Kier molecular flexibility index (Phi) is 2.75. The minimum atomic E-state index is -0.521. The van der Waals surface area contributed by atoms with Crippen LogP contribution in [0, 0.1) is 5.41 Å². The van der Waals surface area contributed by atoms with Crippen LogP contribution in [-0.4, -0.2) is 16.8 Å². The normalized spacial score (nSPS) is 17.8. The molecule has 16 heavy (non-hydrogen) atoms. The predicted molar refractivity (Wildman–Crippen MR) is 65.5 cm³/mol. The SMILES string of the molecule is CC1(CNc2snc(N)c2C(N)=O)CCC1. The Morgan fingerprint density at radius 3 is 2.81 bits per heavy atom. The minimum absolute atomic E-state index is 0.221. The summed E-state index contributed by atoms with van der Waals surface area (Å²) in [5.74, 6) is -0.300. The third-order valence-corrected chi connectivity index (χ3v) is 4.02. The molecule has 0 saturated heterocycles. The second kappa shape index (κ2) is 3.93. The summed E-state index contributed by atoms with van der Waals surface area (Å²) < 4.78 is 3.94. The van der Waals surface area contributed by atoms with E-state index in [0.717, 1.165) is 6.54 Å². The van der Waals surface area contributed by atoms with Gasteiger partial charge < -0.3 is 16.8 Å². The Hall–Kier alpha value is -1.30. The highest BCUT2D eigenvalue weighted by Gasteiger charge is 2.32. The van der Waals surface area contributed by atoms with Crippen molar-refractivity contribution in [3.05, 3.63) is 5.56 Å². The second-order valence-corrected chi connectivity index (χ2v) is 5.43. The molecule has 0 radical (unpaired) electrons. The standard InChI is InChI=1S/C10H16N4OS/c1-10(3-2-4-10)5-13-9-6(8(12)15)7(11)14-16-9/h13H,2-5H2,1H3,(H2,11,14)(H2,12,15). The lowest BCUT2D eigenvalue weighted by Crippen LogP contribution is -2.33. The van der Waals surface area contributed by atoms with Gasteiger partial charge in [-0.15, -0.1) is 0 Å². The van der Waals surface area contributed by atoms with Crippen LogP contribution < -0.4 is 16.8 Å². The van der Waals surface area contributed by atoms with Gasteiger partial charge in [-0.3, -0.25) is 4.79 Å². The van der Waals surface area contributed by atoms with Crippen LogP contribution in [0.1, 0.15) is 36.5 Å². The maximum Gasteiger partial charge on any atom is 0.255 e. The fourth-order valence-corrected chi connectivity index (χ4v) is 2.63. The lowest BCUT2D eigenvalue weighted by molar-refractivity contribution is 0.100. The van der Waals surface area contributed by atoms with Crippen molar-refractivity contribution in [2.24, 2.45) is 11.1 Å². The number of rotatable bonds is 4. The summed E-state index contributed by atoms with van der Waals surface area (Å²) in [6.07, 6.45) is 3.73. The molecule has 1 aliphatic rings. The van der Waals surface area contributed by atoms with Gasteiger partial charge >= 0.3 is 0 Å². The van der Waals surface area contributed by atoms with Gasteiger partial charge in [0.1, 0.15) is 10.6 Å². The van der Waals surface area contributed by atoms with Crippen LogP contribution in [0.25, 0.3) is 0 Å². The first kappa shape index (κ1) is 11.2. The molecular formula is C10H16N4OS. The summed E-state index contributed by atoms with van der Waals surface area (Å²) in [6, 6.07) is 0. The highest BCUT2D eigenvalue weighted by atomic mass is 32.1. The molecule has 1 fully saturated rings. The molecule has 1 aliphatic carbocycles. The van der Waals surface area contributed by atoms with Gasteiger partial charge in [-0.1, -0.05) is 13.3 Å². The zero-order chi connectivity index (χ0) is 11.8.